The van der Waals surface area contributed by atoms with E-state index in [1.807, 2.05) is 0 Å². The Morgan fingerprint density at radius 3 is 2.56 bits per heavy atom. The van der Waals surface area contributed by atoms with Crippen molar-refractivity contribution in [3.8, 4) is 11.5 Å². The van der Waals surface area contributed by atoms with Gasteiger partial charge in [0.05, 0.1) is 24.6 Å². The zero-order valence-electron chi connectivity index (χ0n) is 9.87. The predicted octanol–water partition coefficient (Wildman–Crippen LogP) is 1.73. The second-order valence-corrected chi connectivity index (χ2v) is 4.24. The Balaban J connectivity index is 3.49. The lowest BCUT2D eigenvalue weighted by molar-refractivity contribution is -0.138. The Hall–Kier alpha value is -1.34. The summed E-state index contributed by atoms with van der Waals surface area (Å²) < 4.78 is 24.1. The third kappa shape index (κ3) is 2.56. The highest BCUT2D eigenvalue weighted by Gasteiger charge is 2.28. The smallest absolute Gasteiger partial charge is 0.312 e. The number of carboxylic acids is 1. The van der Waals surface area contributed by atoms with Crippen LogP contribution < -0.4 is 15.2 Å². The molecule has 1 rings (SSSR count). The fourth-order valence-corrected chi connectivity index (χ4v) is 2.42. The first kappa shape index (κ1) is 14.7. The molecule has 1 aromatic rings. The molecule has 0 amide bonds. The lowest BCUT2D eigenvalue weighted by Crippen LogP contribution is -2.23. The average molecular weight is 322 g/mol. The fourth-order valence-electron chi connectivity index (χ4n) is 1.60. The van der Waals surface area contributed by atoms with Gasteiger partial charge in [0.15, 0.2) is 11.5 Å². The highest BCUT2D eigenvalue weighted by atomic mass is 79.9. The predicted molar refractivity (Wildman–Crippen MR) is 66.6 cm³/mol. The van der Waals surface area contributed by atoms with Crippen LogP contribution in [0, 0.1) is 5.82 Å². The topological polar surface area (TPSA) is 81.8 Å². The molecular weight excluding hydrogens is 309 g/mol. The van der Waals surface area contributed by atoms with E-state index in [4.69, 9.17) is 20.3 Å². The van der Waals surface area contributed by atoms with Gasteiger partial charge in [0.1, 0.15) is 5.82 Å². The van der Waals surface area contributed by atoms with Crippen LogP contribution in [-0.2, 0) is 4.79 Å². The Bertz CT molecular complexity index is 467. The molecule has 0 aromatic heterocycles. The number of hydrogen-bond donors (Lipinski definition) is 2. The number of aliphatic carboxylic acids is 1. The van der Waals surface area contributed by atoms with Crippen LogP contribution in [0.2, 0.25) is 0 Å². The minimum atomic E-state index is -1.20. The third-order valence-electron chi connectivity index (χ3n) is 2.48. The maximum atomic E-state index is 13.9. The number of carboxylic acid groups (broad SMARTS) is 1. The van der Waals surface area contributed by atoms with Gasteiger partial charge in [-0.05, 0) is 15.9 Å². The number of methoxy groups -OCH3 is 2. The first-order valence-corrected chi connectivity index (χ1v) is 5.79. The molecule has 3 N–H and O–H groups in total. The van der Waals surface area contributed by atoms with Crippen molar-refractivity contribution < 1.29 is 23.8 Å². The average Bonchev–Trinajstić information content (AvgIpc) is 2.33. The Kier molecular flexibility index (Phi) is 4.92. The van der Waals surface area contributed by atoms with E-state index in [2.05, 4.69) is 15.9 Å². The highest BCUT2D eigenvalue weighted by molar-refractivity contribution is 9.10. The summed E-state index contributed by atoms with van der Waals surface area (Å²) in [6.07, 6.45) is 0. The summed E-state index contributed by atoms with van der Waals surface area (Å²) in [5, 5.41) is 9.03. The molecule has 0 aliphatic rings. The van der Waals surface area contributed by atoms with Gasteiger partial charge >= 0.3 is 5.97 Å². The Morgan fingerprint density at radius 1 is 1.56 bits per heavy atom. The first-order valence-electron chi connectivity index (χ1n) is 5.00. The van der Waals surface area contributed by atoms with Crippen LogP contribution in [0.5, 0.6) is 11.5 Å². The summed E-state index contributed by atoms with van der Waals surface area (Å²) in [4.78, 5) is 11.0. The van der Waals surface area contributed by atoms with Gasteiger partial charge in [-0.25, -0.2) is 4.39 Å². The molecule has 0 saturated heterocycles. The molecule has 0 aliphatic heterocycles. The summed E-state index contributed by atoms with van der Waals surface area (Å²) in [5.74, 6) is -2.67. The SMILES string of the molecule is COc1cc(F)c(C(CN)C(=O)O)c(Br)c1OC. The second kappa shape index (κ2) is 6.01. The van der Waals surface area contributed by atoms with Crippen molar-refractivity contribution in [2.45, 2.75) is 5.92 Å². The van der Waals surface area contributed by atoms with Gasteiger partial charge in [0, 0.05) is 18.2 Å². The summed E-state index contributed by atoms with van der Waals surface area (Å²) in [5.41, 5.74) is 5.31. The van der Waals surface area contributed by atoms with Crippen LogP contribution >= 0.6 is 15.9 Å². The van der Waals surface area contributed by atoms with E-state index in [1.54, 1.807) is 0 Å². The van der Waals surface area contributed by atoms with E-state index in [0.717, 1.165) is 6.07 Å². The van der Waals surface area contributed by atoms with Gasteiger partial charge < -0.3 is 20.3 Å². The lowest BCUT2D eigenvalue weighted by Gasteiger charge is -2.17. The van der Waals surface area contributed by atoms with Crippen molar-refractivity contribution in [1.29, 1.82) is 0 Å². The molecule has 0 heterocycles. The number of benzene rings is 1. The van der Waals surface area contributed by atoms with Gasteiger partial charge in [-0.2, -0.15) is 0 Å². The monoisotopic (exact) mass is 321 g/mol. The normalized spacial score (nSPS) is 12.1. The molecular formula is C11H13BrFNO4. The van der Waals surface area contributed by atoms with E-state index >= 15 is 0 Å². The van der Waals surface area contributed by atoms with Crippen molar-refractivity contribution in [2.75, 3.05) is 20.8 Å². The summed E-state index contributed by atoms with van der Waals surface area (Å²) >= 11 is 3.13. The molecule has 7 heteroatoms. The van der Waals surface area contributed by atoms with Crippen molar-refractivity contribution in [1.82, 2.24) is 0 Å². The number of carbonyl (C=O) groups is 1. The summed E-state index contributed by atoms with van der Waals surface area (Å²) in [6, 6.07) is 1.07. The molecule has 18 heavy (non-hydrogen) atoms. The molecule has 0 radical (unpaired) electrons. The van der Waals surface area contributed by atoms with Gasteiger partial charge in [-0.15, -0.1) is 0 Å². The van der Waals surface area contributed by atoms with Crippen molar-refractivity contribution in [2.24, 2.45) is 5.73 Å². The van der Waals surface area contributed by atoms with Crippen LogP contribution in [0.1, 0.15) is 11.5 Å². The van der Waals surface area contributed by atoms with Crippen molar-refractivity contribution in [3.63, 3.8) is 0 Å². The van der Waals surface area contributed by atoms with E-state index in [1.165, 1.54) is 14.2 Å². The summed E-state index contributed by atoms with van der Waals surface area (Å²) in [6.45, 7) is -0.222. The minimum absolute atomic E-state index is 0.0531. The maximum Gasteiger partial charge on any atom is 0.312 e. The molecule has 0 bridgehead atoms. The number of nitrogens with two attached hydrogens (primary N) is 1. The minimum Gasteiger partial charge on any atom is -0.493 e. The number of hydrogen-bond acceptors (Lipinski definition) is 4. The van der Waals surface area contributed by atoms with Gasteiger partial charge in [0.25, 0.3) is 0 Å². The molecule has 1 unspecified atom stereocenters. The van der Waals surface area contributed by atoms with E-state index in [9.17, 15) is 9.18 Å². The van der Waals surface area contributed by atoms with Crippen LogP contribution in [0.25, 0.3) is 0 Å². The molecule has 5 nitrogen and oxygen atoms in total. The molecule has 1 atom stereocenters. The van der Waals surface area contributed by atoms with Crippen LogP contribution in [0.3, 0.4) is 0 Å². The largest absolute Gasteiger partial charge is 0.493 e. The number of halogens is 2. The van der Waals surface area contributed by atoms with Crippen LogP contribution in [0.4, 0.5) is 4.39 Å². The van der Waals surface area contributed by atoms with Gasteiger partial charge in [-0.3, -0.25) is 4.79 Å². The molecule has 1 aromatic carbocycles. The van der Waals surface area contributed by atoms with E-state index in [-0.39, 0.29) is 28.1 Å². The maximum absolute atomic E-state index is 13.9. The van der Waals surface area contributed by atoms with E-state index < -0.39 is 17.7 Å². The van der Waals surface area contributed by atoms with Gasteiger partial charge in [0.2, 0.25) is 0 Å². The highest BCUT2D eigenvalue weighted by Crippen LogP contribution is 2.41. The Morgan fingerprint density at radius 2 is 2.17 bits per heavy atom. The lowest BCUT2D eigenvalue weighted by atomic mass is 9.98. The van der Waals surface area contributed by atoms with E-state index in [0.29, 0.717) is 0 Å². The standard InChI is InChI=1S/C11H13BrFNO4/c1-17-7-3-6(13)8(5(4-14)11(15)16)9(12)10(7)18-2/h3,5H,4,14H2,1-2H3,(H,15,16). The summed E-state index contributed by atoms with van der Waals surface area (Å²) in [7, 11) is 2.74. The molecule has 0 spiro atoms. The molecule has 0 saturated carbocycles. The second-order valence-electron chi connectivity index (χ2n) is 3.45. The fraction of sp³-hybridized carbons (Fsp3) is 0.364. The first-order chi connectivity index (χ1) is 8.47. The van der Waals surface area contributed by atoms with Crippen LogP contribution in [0.15, 0.2) is 10.5 Å². The van der Waals surface area contributed by atoms with Gasteiger partial charge in [-0.1, -0.05) is 0 Å². The zero-order valence-corrected chi connectivity index (χ0v) is 11.5. The van der Waals surface area contributed by atoms with Crippen molar-refractivity contribution in [3.05, 3.63) is 21.9 Å². The number of ether oxygens (including phenoxy) is 2. The number of rotatable bonds is 5. The van der Waals surface area contributed by atoms with Crippen LogP contribution in [-0.4, -0.2) is 31.8 Å². The Labute approximate surface area is 112 Å². The zero-order chi connectivity index (χ0) is 13.9. The molecule has 100 valence electrons. The molecule has 0 aliphatic carbocycles. The third-order valence-corrected chi connectivity index (χ3v) is 3.27. The van der Waals surface area contributed by atoms with Crippen molar-refractivity contribution >= 4 is 21.9 Å². The molecule has 0 fully saturated rings. The quantitative estimate of drug-likeness (QED) is 0.863.